The summed E-state index contributed by atoms with van der Waals surface area (Å²) in [4.78, 5) is 11.3. The molecular weight excluding hydrogens is 206 g/mol. The summed E-state index contributed by atoms with van der Waals surface area (Å²) in [5.41, 5.74) is 0. The predicted molar refractivity (Wildman–Crippen MR) is 59.7 cm³/mol. The van der Waals surface area contributed by atoms with Gasteiger partial charge in [0.25, 0.3) is 0 Å². The molecule has 1 saturated carbocycles. The number of nitrogens with one attached hydrogen (secondary N) is 2. The molecule has 90 valence electrons. The van der Waals surface area contributed by atoms with Crippen molar-refractivity contribution < 1.29 is 9.53 Å². The Labute approximate surface area is 96.2 Å². The average Bonchev–Trinajstić information content (AvgIpc) is 2.21. The molecule has 0 aliphatic heterocycles. The van der Waals surface area contributed by atoms with E-state index in [1.165, 1.54) is 0 Å². The van der Waals surface area contributed by atoms with E-state index in [0.29, 0.717) is 31.7 Å². The van der Waals surface area contributed by atoms with Crippen LogP contribution in [-0.4, -0.2) is 37.7 Å². The third kappa shape index (κ3) is 4.60. The molecule has 1 aliphatic rings. The van der Waals surface area contributed by atoms with Crippen LogP contribution in [0.15, 0.2) is 0 Å². The van der Waals surface area contributed by atoms with Gasteiger partial charge in [-0.2, -0.15) is 5.26 Å². The molecule has 0 aromatic heterocycles. The number of amides is 1. The first kappa shape index (κ1) is 12.9. The lowest BCUT2D eigenvalue weighted by Gasteiger charge is -2.35. The van der Waals surface area contributed by atoms with Crippen molar-refractivity contribution in [3.63, 3.8) is 0 Å². The Hall–Kier alpha value is -1.12. The van der Waals surface area contributed by atoms with Gasteiger partial charge < -0.3 is 15.4 Å². The van der Waals surface area contributed by atoms with Gasteiger partial charge in [-0.15, -0.1) is 0 Å². The second-order valence-electron chi connectivity index (χ2n) is 3.88. The molecule has 0 spiro atoms. The number of carbonyl (C=O) groups is 1. The van der Waals surface area contributed by atoms with Crippen LogP contribution in [0.4, 0.5) is 0 Å². The lowest BCUT2D eigenvalue weighted by molar-refractivity contribution is -0.120. The van der Waals surface area contributed by atoms with Gasteiger partial charge >= 0.3 is 0 Å². The highest BCUT2D eigenvalue weighted by Gasteiger charge is 2.29. The Kier molecular flexibility index (Phi) is 5.83. The first-order valence-electron chi connectivity index (χ1n) is 5.75. The predicted octanol–water partition coefficient (Wildman–Crippen LogP) is 0.173. The van der Waals surface area contributed by atoms with Gasteiger partial charge in [-0.25, -0.2) is 0 Å². The molecule has 0 heterocycles. The molecule has 0 aromatic carbocycles. The van der Waals surface area contributed by atoms with Gasteiger partial charge in [-0.3, -0.25) is 4.79 Å². The fourth-order valence-corrected chi connectivity index (χ4v) is 1.66. The van der Waals surface area contributed by atoms with Crippen LogP contribution < -0.4 is 10.6 Å². The van der Waals surface area contributed by atoms with E-state index in [1.807, 2.05) is 13.0 Å². The molecule has 1 aliphatic carbocycles. The second kappa shape index (κ2) is 7.20. The zero-order valence-corrected chi connectivity index (χ0v) is 9.66. The summed E-state index contributed by atoms with van der Waals surface area (Å²) in [5, 5.41) is 14.1. The maximum absolute atomic E-state index is 11.3. The van der Waals surface area contributed by atoms with Gasteiger partial charge in [0, 0.05) is 19.2 Å². The molecule has 0 atom stereocenters. The number of nitrogens with zero attached hydrogens (tertiary/aromatic N) is 1. The van der Waals surface area contributed by atoms with Gasteiger partial charge in [0.1, 0.15) is 0 Å². The van der Waals surface area contributed by atoms with Crippen molar-refractivity contribution in [3.8, 4) is 6.07 Å². The maximum Gasteiger partial charge on any atom is 0.233 e. The Bertz CT molecular complexity index is 256. The first-order chi connectivity index (χ1) is 7.76. The van der Waals surface area contributed by atoms with E-state index in [0.717, 1.165) is 19.4 Å². The Balaban J connectivity index is 1.96. The molecule has 0 unspecified atom stereocenters. The van der Waals surface area contributed by atoms with E-state index in [-0.39, 0.29) is 5.91 Å². The number of hydrogen-bond acceptors (Lipinski definition) is 4. The zero-order chi connectivity index (χ0) is 11.8. The number of rotatable bonds is 7. The lowest BCUT2D eigenvalue weighted by Crippen LogP contribution is -2.48. The largest absolute Gasteiger partial charge is 0.378 e. The van der Waals surface area contributed by atoms with Crippen molar-refractivity contribution in [2.24, 2.45) is 0 Å². The van der Waals surface area contributed by atoms with Crippen molar-refractivity contribution >= 4 is 5.91 Å². The minimum absolute atomic E-state index is 0.0462. The van der Waals surface area contributed by atoms with E-state index in [4.69, 9.17) is 10.00 Å². The number of ether oxygens (including phenoxy) is 1. The molecule has 1 amide bonds. The molecule has 0 aromatic rings. The van der Waals surface area contributed by atoms with Crippen molar-refractivity contribution in [1.82, 2.24) is 10.6 Å². The highest BCUT2D eigenvalue weighted by atomic mass is 16.5. The van der Waals surface area contributed by atoms with E-state index in [9.17, 15) is 4.79 Å². The third-order valence-electron chi connectivity index (χ3n) is 2.61. The lowest BCUT2D eigenvalue weighted by atomic mass is 9.89. The maximum atomic E-state index is 11.3. The molecule has 1 fully saturated rings. The van der Waals surface area contributed by atoms with Crippen molar-refractivity contribution in [1.29, 1.82) is 5.26 Å². The summed E-state index contributed by atoms with van der Waals surface area (Å²) in [7, 11) is 0. The van der Waals surface area contributed by atoms with Crippen LogP contribution >= 0.6 is 0 Å². The summed E-state index contributed by atoms with van der Waals surface area (Å²) in [6.45, 7) is 3.51. The molecule has 5 heteroatoms. The Morgan fingerprint density at radius 1 is 1.56 bits per heavy atom. The quantitative estimate of drug-likeness (QED) is 0.606. The van der Waals surface area contributed by atoms with Crippen LogP contribution in [0.5, 0.6) is 0 Å². The fraction of sp³-hybridized carbons (Fsp3) is 0.818. The van der Waals surface area contributed by atoms with Crippen LogP contribution in [0.3, 0.4) is 0 Å². The summed E-state index contributed by atoms with van der Waals surface area (Å²) in [6.07, 6.45) is 2.70. The van der Waals surface area contributed by atoms with Gasteiger partial charge in [-0.05, 0) is 19.8 Å². The highest BCUT2D eigenvalue weighted by molar-refractivity contribution is 5.78. The number of carbonyl (C=O) groups excluding carboxylic acids is 1. The molecule has 2 N–H and O–H groups in total. The van der Waals surface area contributed by atoms with Gasteiger partial charge in [0.15, 0.2) is 0 Å². The minimum atomic E-state index is -0.0462. The minimum Gasteiger partial charge on any atom is -0.378 e. The molecule has 0 radical (unpaired) electrons. The number of nitriles is 1. The van der Waals surface area contributed by atoms with E-state index in [1.54, 1.807) is 0 Å². The molecule has 0 saturated heterocycles. The summed E-state index contributed by atoms with van der Waals surface area (Å²) < 4.78 is 5.42. The fourth-order valence-electron chi connectivity index (χ4n) is 1.66. The van der Waals surface area contributed by atoms with Crippen LogP contribution in [0, 0.1) is 11.3 Å². The second-order valence-corrected chi connectivity index (χ2v) is 3.88. The van der Waals surface area contributed by atoms with Gasteiger partial charge in [0.05, 0.1) is 25.1 Å². The molecule has 0 bridgehead atoms. The van der Waals surface area contributed by atoms with Crippen LogP contribution in [-0.2, 0) is 9.53 Å². The van der Waals surface area contributed by atoms with E-state index in [2.05, 4.69) is 10.6 Å². The highest BCUT2D eigenvalue weighted by Crippen LogP contribution is 2.22. The van der Waals surface area contributed by atoms with Crippen LogP contribution in [0.2, 0.25) is 0 Å². The SMILES string of the molecule is CCOC1CC(NCC(=O)NCCC#N)C1. The zero-order valence-electron chi connectivity index (χ0n) is 9.66. The average molecular weight is 225 g/mol. The monoisotopic (exact) mass is 225 g/mol. The number of hydrogen-bond donors (Lipinski definition) is 2. The van der Waals surface area contributed by atoms with Crippen molar-refractivity contribution in [3.05, 3.63) is 0 Å². The topological polar surface area (TPSA) is 74.2 Å². The van der Waals surface area contributed by atoms with Gasteiger partial charge in [-0.1, -0.05) is 0 Å². The Morgan fingerprint density at radius 3 is 2.94 bits per heavy atom. The van der Waals surface area contributed by atoms with Gasteiger partial charge in [0.2, 0.25) is 5.91 Å². The standard InChI is InChI=1S/C11H19N3O2/c1-2-16-10-6-9(7-10)14-8-11(15)13-5-3-4-12/h9-10,14H,2-3,5-8H2,1H3,(H,13,15). The summed E-state index contributed by atoms with van der Waals surface area (Å²) >= 11 is 0. The van der Waals surface area contributed by atoms with Crippen LogP contribution in [0.1, 0.15) is 26.2 Å². The first-order valence-corrected chi connectivity index (χ1v) is 5.75. The molecular formula is C11H19N3O2. The van der Waals surface area contributed by atoms with Crippen LogP contribution in [0.25, 0.3) is 0 Å². The Morgan fingerprint density at radius 2 is 2.31 bits per heavy atom. The summed E-state index contributed by atoms with van der Waals surface area (Å²) in [6, 6.07) is 2.38. The van der Waals surface area contributed by atoms with E-state index < -0.39 is 0 Å². The summed E-state index contributed by atoms with van der Waals surface area (Å²) in [5.74, 6) is -0.0462. The molecule has 5 nitrogen and oxygen atoms in total. The van der Waals surface area contributed by atoms with Crippen molar-refractivity contribution in [2.45, 2.75) is 38.3 Å². The van der Waals surface area contributed by atoms with E-state index >= 15 is 0 Å². The third-order valence-corrected chi connectivity index (χ3v) is 2.61. The van der Waals surface area contributed by atoms with Crippen molar-refractivity contribution in [2.75, 3.05) is 19.7 Å². The smallest absolute Gasteiger partial charge is 0.233 e. The molecule has 1 rings (SSSR count). The molecule has 16 heavy (non-hydrogen) atoms. The normalized spacial score (nSPS) is 23.2.